The summed E-state index contributed by atoms with van der Waals surface area (Å²) < 4.78 is 5.45. The number of carboxylic acids is 1. The molecular formula is C59H110O4. The van der Waals surface area contributed by atoms with Gasteiger partial charge in [0.15, 0.2) is 0 Å². The van der Waals surface area contributed by atoms with Crippen LogP contribution < -0.4 is 0 Å². The lowest BCUT2D eigenvalue weighted by Gasteiger charge is -2.06. The van der Waals surface area contributed by atoms with Crippen LogP contribution in [0.25, 0.3) is 0 Å². The number of hydrogen-bond donors (Lipinski definition) is 1. The van der Waals surface area contributed by atoms with Gasteiger partial charge in [0.2, 0.25) is 0 Å². The number of carbonyl (C=O) groups is 2. The van der Waals surface area contributed by atoms with Crippen molar-refractivity contribution in [3.05, 3.63) is 48.6 Å². The van der Waals surface area contributed by atoms with Crippen molar-refractivity contribution >= 4 is 11.9 Å². The van der Waals surface area contributed by atoms with Crippen molar-refractivity contribution in [2.24, 2.45) is 0 Å². The molecule has 0 aromatic carbocycles. The number of esters is 1. The Morgan fingerprint density at radius 3 is 0.905 bits per heavy atom. The van der Waals surface area contributed by atoms with Crippen LogP contribution >= 0.6 is 0 Å². The zero-order chi connectivity index (χ0) is 46.0. The molecule has 0 aliphatic heterocycles. The number of unbranched alkanes of at least 4 members (excludes halogenated alkanes) is 36. The minimum atomic E-state index is -0.671. The van der Waals surface area contributed by atoms with Crippen molar-refractivity contribution in [2.75, 3.05) is 6.61 Å². The third-order valence-corrected chi connectivity index (χ3v) is 12.2. The molecule has 0 rings (SSSR count). The standard InChI is InChI=1S/C41H78O2.C18H32O2/c1-3-5-7-9-11-13-15-17-19-20-21-22-23-24-26-28-30-32-34-36-38-40-43-41(42)39-37-35-33-31-29-27-25-18-16-14-12-10-8-6-4-2;1-2-3-4-5-6-7-8-9-10-11-12-13-14-15-16-17-18(19)20/h12,14,18,25H,3-11,13,15-17,19-24,26-40H2,1-2H3;6-7,9-10H,2-5,8,11-17H2,1H3,(H,19,20)/b14-12-,25-18-;7-6-,10-9-. The summed E-state index contributed by atoms with van der Waals surface area (Å²) in [7, 11) is 0. The number of carboxylic acid groups (broad SMARTS) is 1. The monoisotopic (exact) mass is 883 g/mol. The summed E-state index contributed by atoms with van der Waals surface area (Å²) in [4.78, 5) is 22.3. The van der Waals surface area contributed by atoms with Gasteiger partial charge in [0, 0.05) is 12.8 Å². The Bertz CT molecular complexity index is 993. The Labute approximate surface area is 394 Å². The van der Waals surface area contributed by atoms with E-state index in [2.05, 4.69) is 69.4 Å². The van der Waals surface area contributed by atoms with Crippen LogP contribution in [0.15, 0.2) is 48.6 Å². The molecule has 0 spiro atoms. The summed E-state index contributed by atoms with van der Waals surface area (Å²) in [6.45, 7) is 7.41. The van der Waals surface area contributed by atoms with Gasteiger partial charge < -0.3 is 9.84 Å². The van der Waals surface area contributed by atoms with Gasteiger partial charge in [-0.2, -0.15) is 0 Å². The van der Waals surface area contributed by atoms with Crippen molar-refractivity contribution in [3.8, 4) is 0 Å². The predicted octanol–water partition coefficient (Wildman–Crippen LogP) is 20.4. The third kappa shape index (κ3) is 64.3. The van der Waals surface area contributed by atoms with E-state index < -0.39 is 5.97 Å². The fraction of sp³-hybridized carbons (Fsp3) is 0.831. The first-order valence-corrected chi connectivity index (χ1v) is 28.1. The minimum Gasteiger partial charge on any atom is -0.481 e. The Balaban J connectivity index is 0. The highest BCUT2D eigenvalue weighted by atomic mass is 16.5. The van der Waals surface area contributed by atoms with Crippen LogP contribution in [0.2, 0.25) is 0 Å². The van der Waals surface area contributed by atoms with Gasteiger partial charge in [-0.3, -0.25) is 9.59 Å². The fourth-order valence-electron chi connectivity index (χ4n) is 7.96. The third-order valence-electron chi connectivity index (χ3n) is 12.2. The highest BCUT2D eigenvalue weighted by Gasteiger charge is 2.03. The highest BCUT2D eigenvalue weighted by molar-refractivity contribution is 5.69. The second-order valence-electron chi connectivity index (χ2n) is 18.6. The van der Waals surface area contributed by atoms with Gasteiger partial charge in [-0.15, -0.1) is 0 Å². The van der Waals surface area contributed by atoms with Crippen molar-refractivity contribution in [2.45, 2.75) is 310 Å². The van der Waals surface area contributed by atoms with Crippen molar-refractivity contribution in [1.29, 1.82) is 0 Å². The average Bonchev–Trinajstić information content (AvgIpc) is 3.28. The second-order valence-corrected chi connectivity index (χ2v) is 18.6. The molecule has 370 valence electrons. The molecule has 0 aliphatic carbocycles. The van der Waals surface area contributed by atoms with Gasteiger partial charge in [0.1, 0.15) is 0 Å². The van der Waals surface area contributed by atoms with E-state index >= 15 is 0 Å². The second kappa shape index (κ2) is 59.9. The molecule has 0 aliphatic rings. The number of aliphatic carboxylic acids is 1. The molecule has 0 aromatic heterocycles. The van der Waals surface area contributed by atoms with Crippen LogP contribution in [0.3, 0.4) is 0 Å². The average molecular weight is 884 g/mol. The zero-order valence-corrected chi connectivity index (χ0v) is 42.8. The molecule has 0 amide bonds. The largest absolute Gasteiger partial charge is 0.481 e. The number of hydrogen-bond acceptors (Lipinski definition) is 3. The van der Waals surface area contributed by atoms with Crippen molar-refractivity contribution in [1.82, 2.24) is 0 Å². The van der Waals surface area contributed by atoms with E-state index in [9.17, 15) is 9.59 Å². The normalized spacial score (nSPS) is 11.7. The van der Waals surface area contributed by atoms with Crippen LogP contribution in [-0.4, -0.2) is 23.7 Å². The van der Waals surface area contributed by atoms with E-state index in [4.69, 9.17) is 9.84 Å². The summed E-state index contributed by atoms with van der Waals surface area (Å²) in [6.07, 6.45) is 74.9. The summed E-state index contributed by atoms with van der Waals surface area (Å²) in [5.41, 5.74) is 0. The molecule has 1 N–H and O–H groups in total. The fourth-order valence-corrected chi connectivity index (χ4v) is 7.96. The molecule has 63 heavy (non-hydrogen) atoms. The predicted molar refractivity (Wildman–Crippen MR) is 280 cm³/mol. The zero-order valence-electron chi connectivity index (χ0n) is 42.8. The van der Waals surface area contributed by atoms with Crippen molar-refractivity contribution in [3.63, 3.8) is 0 Å². The number of allylic oxidation sites excluding steroid dienone is 8. The Hall–Kier alpha value is -2.10. The van der Waals surface area contributed by atoms with E-state index in [-0.39, 0.29) is 5.97 Å². The molecule has 0 saturated heterocycles. The van der Waals surface area contributed by atoms with Gasteiger partial charge in [-0.1, -0.05) is 262 Å². The summed E-state index contributed by atoms with van der Waals surface area (Å²) in [6, 6.07) is 0. The Morgan fingerprint density at radius 1 is 0.317 bits per heavy atom. The highest BCUT2D eigenvalue weighted by Crippen LogP contribution is 2.16. The molecule has 0 atom stereocenters. The smallest absolute Gasteiger partial charge is 0.305 e. The molecule has 0 heterocycles. The molecule has 4 nitrogen and oxygen atoms in total. The van der Waals surface area contributed by atoms with Crippen LogP contribution in [0.5, 0.6) is 0 Å². The maximum absolute atomic E-state index is 11.9. The van der Waals surface area contributed by atoms with Crippen LogP contribution in [0, 0.1) is 0 Å². The minimum absolute atomic E-state index is 0.0128. The summed E-state index contributed by atoms with van der Waals surface area (Å²) >= 11 is 0. The van der Waals surface area contributed by atoms with E-state index in [1.807, 2.05) is 0 Å². The SMILES string of the molecule is CCCCC/C=C\C/C=C\CCCCCCCC(=O)O.CCCCC/C=C\C/C=C\CCCCCCCC(=O)OCCCCCCCCCCCCCCCCCCCCCCC. The molecule has 4 heteroatoms. The molecule has 0 unspecified atom stereocenters. The molecule has 0 bridgehead atoms. The van der Waals surface area contributed by atoms with Crippen LogP contribution in [0.1, 0.15) is 310 Å². The van der Waals surface area contributed by atoms with E-state index in [0.29, 0.717) is 19.4 Å². The maximum atomic E-state index is 11.9. The first-order valence-electron chi connectivity index (χ1n) is 28.1. The van der Waals surface area contributed by atoms with Gasteiger partial charge in [0.25, 0.3) is 0 Å². The first-order chi connectivity index (χ1) is 31.1. The van der Waals surface area contributed by atoms with Gasteiger partial charge >= 0.3 is 11.9 Å². The maximum Gasteiger partial charge on any atom is 0.305 e. The quantitative estimate of drug-likeness (QED) is 0.0376. The molecule has 0 radical (unpaired) electrons. The van der Waals surface area contributed by atoms with Crippen LogP contribution in [-0.2, 0) is 14.3 Å². The Morgan fingerprint density at radius 2 is 0.571 bits per heavy atom. The van der Waals surface area contributed by atoms with Gasteiger partial charge in [0.05, 0.1) is 6.61 Å². The van der Waals surface area contributed by atoms with E-state index in [1.54, 1.807) is 0 Å². The van der Waals surface area contributed by atoms with Crippen molar-refractivity contribution < 1.29 is 19.4 Å². The molecule has 0 aromatic rings. The summed E-state index contributed by atoms with van der Waals surface area (Å²) in [5, 5.41) is 8.50. The summed E-state index contributed by atoms with van der Waals surface area (Å²) in [5.74, 6) is -0.658. The lowest BCUT2D eigenvalue weighted by atomic mass is 10.0. The molecule has 0 saturated carbocycles. The van der Waals surface area contributed by atoms with E-state index in [0.717, 1.165) is 51.4 Å². The number of carbonyl (C=O) groups excluding carboxylic acids is 1. The lowest BCUT2D eigenvalue weighted by molar-refractivity contribution is -0.144. The molecular weight excluding hydrogens is 773 g/mol. The first kappa shape index (κ1) is 63.0. The van der Waals surface area contributed by atoms with E-state index in [1.165, 1.54) is 225 Å². The molecule has 0 fully saturated rings. The number of rotatable bonds is 50. The lowest BCUT2D eigenvalue weighted by Crippen LogP contribution is -2.05. The van der Waals surface area contributed by atoms with Gasteiger partial charge in [-0.25, -0.2) is 0 Å². The van der Waals surface area contributed by atoms with Gasteiger partial charge in [-0.05, 0) is 83.5 Å². The van der Waals surface area contributed by atoms with Crippen LogP contribution in [0.4, 0.5) is 0 Å². The topological polar surface area (TPSA) is 63.6 Å². The Kier molecular flexibility index (Phi) is 59.9. The number of ether oxygens (including phenoxy) is 1.